The Morgan fingerprint density at radius 2 is 1.87 bits per heavy atom. The highest BCUT2D eigenvalue weighted by molar-refractivity contribution is 7.88. The summed E-state index contributed by atoms with van der Waals surface area (Å²) < 4.78 is 33.7. The molecule has 0 aromatic heterocycles. The number of aryl methyl sites for hydroxylation is 1. The minimum absolute atomic E-state index is 0.107. The van der Waals surface area contributed by atoms with Crippen LogP contribution in [0, 0.1) is 16.7 Å². The number of rotatable bonds is 11. The van der Waals surface area contributed by atoms with E-state index in [-0.39, 0.29) is 18.4 Å². The molecule has 2 aliphatic heterocycles. The number of hydrogen-bond acceptors (Lipinski definition) is 6. The van der Waals surface area contributed by atoms with Crippen LogP contribution in [0.1, 0.15) is 70.9 Å². The number of nitrogens with one attached hydrogen (secondary N) is 1. The first-order valence-corrected chi connectivity index (χ1v) is 15.3. The Kier molecular flexibility index (Phi) is 7.73. The van der Waals surface area contributed by atoms with Gasteiger partial charge in [-0.15, -0.1) is 0 Å². The van der Waals surface area contributed by atoms with Gasteiger partial charge >= 0.3 is 5.97 Å². The average Bonchev–Trinajstić information content (AvgIpc) is 3.67. The van der Waals surface area contributed by atoms with Crippen molar-refractivity contribution >= 4 is 33.6 Å². The standard InChI is InChI=1S/C29H39N3O6S/c1-7-18-9-11-20(12-10-18)23-22(25(33)30-5)29(4)17-21(19-13-14-19)24(31-26(29)38-23)32(39(6,36)37)16-8-15-28(2,3)27(34)35/h9-12,19H,7-8,13-17H2,1-6H3,(H,30,33)(H,34,35). The molecule has 2 heterocycles. The molecule has 4 rings (SSSR count). The summed E-state index contributed by atoms with van der Waals surface area (Å²) in [7, 11) is -2.14. The number of carboxylic acid groups (broad SMARTS) is 1. The van der Waals surface area contributed by atoms with Crippen molar-refractivity contribution in [3.63, 3.8) is 0 Å². The maximum absolute atomic E-state index is 13.3. The Hall–Kier alpha value is -3.14. The molecule has 9 nitrogen and oxygen atoms in total. The molecule has 2 N–H and O–H groups in total. The van der Waals surface area contributed by atoms with Gasteiger partial charge < -0.3 is 15.2 Å². The fraction of sp³-hybridized carbons (Fsp3) is 0.552. The molecule has 1 aromatic carbocycles. The highest BCUT2D eigenvalue weighted by Crippen LogP contribution is 2.54. The Morgan fingerprint density at radius 1 is 1.23 bits per heavy atom. The molecular weight excluding hydrogens is 518 g/mol. The van der Waals surface area contributed by atoms with Gasteiger partial charge in [0.05, 0.1) is 22.7 Å². The second kappa shape index (κ2) is 10.4. The first kappa shape index (κ1) is 28.9. The second-order valence-corrected chi connectivity index (χ2v) is 13.5. The Labute approximate surface area is 231 Å². The molecule has 1 saturated carbocycles. The fourth-order valence-corrected chi connectivity index (χ4v) is 6.24. The minimum Gasteiger partial charge on any atom is -0.481 e. The topological polar surface area (TPSA) is 125 Å². The van der Waals surface area contributed by atoms with E-state index in [1.54, 1.807) is 20.9 Å². The molecule has 0 radical (unpaired) electrons. The number of carbonyl (C=O) groups is 2. The number of benzene rings is 1. The zero-order valence-corrected chi connectivity index (χ0v) is 24.4. The number of ether oxygens (including phenoxy) is 1. The van der Waals surface area contributed by atoms with Crippen molar-refractivity contribution in [3.05, 3.63) is 52.4 Å². The second-order valence-electron chi connectivity index (χ2n) is 11.6. The number of nitrogens with zero attached hydrogens (tertiary/aromatic N) is 2. The molecule has 1 aliphatic carbocycles. The molecule has 10 heteroatoms. The van der Waals surface area contributed by atoms with Crippen LogP contribution in [0.5, 0.6) is 0 Å². The SMILES string of the molecule is CCc1ccc(C2=C(C(=O)NC)C3(C)CC(C4CC4)=C(N(CCCC(C)(C)C(=O)O)S(C)(=O)=O)N=C3O2)cc1. The summed E-state index contributed by atoms with van der Waals surface area (Å²) >= 11 is 0. The van der Waals surface area contributed by atoms with Crippen molar-refractivity contribution in [2.24, 2.45) is 21.7 Å². The molecule has 0 saturated heterocycles. The van der Waals surface area contributed by atoms with Crippen molar-refractivity contribution in [1.29, 1.82) is 0 Å². The molecule has 39 heavy (non-hydrogen) atoms. The van der Waals surface area contributed by atoms with Crippen LogP contribution < -0.4 is 5.32 Å². The molecule has 1 amide bonds. The molecule has 1 unspecified atom stereocenters. The van der Waals surface area contributed by atoms with E-state index in [1.165, 1.54) is 4.31 Å². The number of allylic oxidation sites excluding steroid dienone is 1. The lowest BCUT2D eigenvalue weighted by atomic mass is 9.74. The number of carbonyl (C=O) groups excluding carboxylic acids is 1. The lowest BCUT2D eigenvalue weighted by Crippen LogP contribution is -2.40. The van der Waals surface area contributed by atoms with Gasteiger partial charge in [-0.2, -0.15) is 4.99 Å². The third-order valence-electron chi connectivity index (χ3n) is 8.02. The number of amides is 1. The number of carboxylic acids is 1. The van der Waals surface area contributed by atoms with E-state index >= 15 is 0 Å². The molecule has 0 spiro atoms. The third kappa shape index (κ3) is 5.62. The van der Waals surface area contributed by atoms with Gasteiger partial charge in [0.15, 0.2) is 0 Å². The number of sulfonamides is 1. The Morgan fingerprint density at radius 3 is 2.38 bits per heavy atom. The van der Waals surface area contributed by atoms with Crippen molar-refractivity contribution in [2.45, 2.75) is 66.2 Å². The fourth-order valence-electron chi connectivity index (χ4n) is 5.30. The van der Waals surface area contributed by atoms with Gasteiger partial charge in [-0.3, -0.25) is 13.9 Å². The van der Waals surface area contributed by atoms with Gasteiger partial charge in [0.2, 0.25) is 15.9 Å². The largest absolute Gasteiger partial charge is 0.481 e. The van der Waals surface area contributed by atoms with Crippen LogP contribution in [0.15, 0.2) is 46.2 Å². The normalized spacial score (nSPS) is 21.3. The predicted octanol–water partition coefficient (Wildman–Crippen LogP) is 4.32. The summed E-state index contributed by atoms with van der Waals surface area (Å²) in [6.07, 6.45) is 4.96. The van der Waals surface area contributed by atoms with E-state index in [0.29, 0.717) is 42.3 Å². The lowest BCUT2D eigenvalue weighted by Gasteiger charge is -2.35. The third-order valence-corrected chi connectivity index (χ3v) is 9.17. The number of fused-ring (bicyclic) bond motifs is 1. The summed E-state index contributed by atoms with van der Waals surface area (Å²) in [5, 5.41) is 12.2. The number of likely N-dealkylation sites (N-methyl/N-ethyl adjacent to an activating group) is 1. The predicted molar refractivity (Wildman–Crippen MR) is 150 cm³/mol. The summed E-state index contributed by atoms with van der Waals surface area (Å²) in [4.78, 5) is 29.7. The van der Waals surface area contributed by atoms with Crippen molar-refractivity contribution in [3.8, 4) is 0 Å². The van der Waals surface area contributed by atoms with Crippen molar-refractivity contribution in [1.82, 2.24) is 9.62 Å². The smallest absolute Gasteiger partial charge is 0.309 e. The van der Waals surface area contributed by atoms with Crippen molar-refractivity contribution < 1.29 is 27.9 Å². The summed E-state index contributed by atoms with van der Waals surface area (Å²) in [6.45, 7) is 7.38. The van der Waals surface area contributed by atoms with Crippen LogP contribution >= 0.6 is 0 Å². The quantitative estimate of drug-likeness (QED) is 0.418. The highest BCUT2D eigenvalue weighted by Gasteiger charge is 2.53. The summed E-state index contributed by atoms with van der Waals surface area (Å²) in [5.74, 6) is 0.0804. The Balaban J connectivity index is 1.76. The lowest BCUT2D eigenvalue weighted by molar-refractivity contribution is -0.147. The molecule has 1 aromatic rings. The van der Waals surface area contributed by atoms with E-state index in [2.05, 4.69) is 12.2 Å². The van der Waals surface area contributed by atoms with Gasteiger partial charge in [0, 0.05) is 19.2 Å². The summed E-state index contributed by atoms with van der Waals surface area (Å²) in [6, 6.07) is 7.87. The highest BCUT2D eigenvalue weighted by atomic mass is 32.2. The van der Waals surface area contributed by atoms with E-state index in [0.717, 1.165) is 42.2 Å². The van der Waals surface area contributed by atoms with Gasteiger partial charge in [-0.1, -0.05) is 31.2 Å². The van der Waals surface area contributed by atoms with E-state index in [4.69, 9.17) is 9.73 Å². The number of aliphatic carboxylic acids is 1. The van der Waals surface area contributed by atoms with Crippen LogP contribution in [-0.4, -0.2) is 55.5 Å². The average molecular weight is 558 g/mol. The summed E-state index contributed by atoms with van der Waals surface area (Å²) in [5.41, 5.74) is 1.48. The van der Waals surface area contributed by atoms with Crippen molar-refractivity contribution in [2.75, 3.05) is 19.8 Å². The van der Waals surface area contributed by atoms with Gasteiger partial charge in [-0.05, 0) is 76.4 Å². The number of aliphatic imine (C=N–C) groups is 1. The minimum atomic E-state index is -3.73. The van der Waals surface area contributed by atoms with E-state index in [1.807, 2.05) is 31.2 Å². The van der Waals surface area contributed by atoms with Crippen LogP contribution in [0.25, 0.3) is 5.76 Å². The maximum Gasteiger partial charge on any atom is 0.309 e. The molecule has 1 atom stereocenters. The zero-order chi connectivity index (χ0) is 28.8. The molecule has 1 fully saturated rings. The number of hydrogen-bond donors (Lipinski definition) is 2. The Bertz CT molecular complexity index is 1370. The van der Waals surface area contributed by atoms with Crippen LogP contribution in [0.2, 0.25) is 0 Å². The molecule has 3 aliphatic rings. The van der Waals surface area contributed by atoms with Crippen LogP contribution in [0.3, 0.4) is 0 Å². The molecule has 0 bridgehead atoms. The monoisotopic (exact) mass is 557 g/mol. The first-order valence-electron chi connectivity index (χ1n) is 13.5. The molecule has 212 valence electrons. The van der Waals surface area contributed by atoms with Gasteiger partial charge in [-0.25, -0.2) is 8.42 Å². The molecular formula is C29H39N3O6S. The maximum atomic E-state index is 13.3. The van der Waals surface area contributed by atoms with E-state index < -0.39 is 26.8 Å². The van der Waals surface area contributed by atoms with Gasteiger partial charge in [0.25, 0.3) is 5.91 Å². The van der Waals surface area contributed by atoms with E-state index in [9.17, 15) is 23.1 Å². The van der Waals surface area contributed by atoms with Crippen LogP contribution in [-0.2, 0) is 30.8 Å². The first-order chi connectivity index (χ1) is 18.2. The zero-order valence-electron chi connectivity index (χ0n) is 23.6. The van der Waals surface area contributed by atoms with Crippen LogP contribution in [0.4, 0.5) is 0 Å². The van der Waals surface area contributed by atoms with Gasteiger partial charge in [0.1, 0.15) is 11.6 Å².